The number of carbonyl (C=O) groups is 1. The summed E-state index contributed by atoms with van der Waals surface area (Å²) in [6, 6.07) is 11.2. The number of fused-ring (bicyclic) bond motifs is 1. The average Bonchev–Trinajstić information content (AvgIpc) is 2.87. The van der Waals surface area contributed by atoms with Crippen molar-refractivity contribution in [1.29, 1.82) is 0 Å². The Kier molecular flexibility index (Phi) is 3.78. The highest BCUT2D eigenvalue weighted by Crippen LogP contribution is 2.14. The molecule has 0 saturated heterocycles. The van der Waals surface area contributed by atoms with Crippen molar-refractivity contribution in [3.8, 4) is 5.75 Å². The van der Waals surface area contributed by atoms with Crippen molar-refractivity contribution < 1.29 is 9.53 Å². The first-order chi connectivity index (χ1) is 10.6. The summed E-state index contributed by atoms with van der Waals surface area (Å²) in [5.41, 5.74) is 3.51. The van der Waals surface area contributed by atoms with Crippen molar-refractivity contribution in [3.05, 3.63) is 60.0 Å². The Labute approximate surface area is 128 Å². The summed E-state index contributed by atoms with van der Waals surface area (Å²) in [4.78, 5) is 16.5. The molecule has 0 unspecified atom stereocenters. The number of hydrogen-bond donors (Lipinski definition) is 1. The second-order valence-electron chi connectivity index (χ2n) is 5.14. The van der Waals surface area contributed by atoms with Gasteiger partial charge in [0.05, 0.1) is 24.9 Å². The molecule has 0 spiro atoms. The van der Waals surface area contributed by atoms with Gasteiger partial charge in [0, 0.05) is 12.4 Å². The quantitative estimate of drug-likeness (QED) is 0.805. The average molecular weight is 295 g/mol. The number of aromatic nitrogens is 2. The summed E-state index contributed by atoms with van der Waals surface area (Å²) in [6.07, 6.45) is 4.11. The number of hydrogen-bond acceptors (Lipinski definition) is 3. The van der Waals surface area contributed by atoms with E-state index >= 15 is 0 Å². The summed E-state index contributed by atoms with van der Waals surface area (Å²) < 4.78 is 7.00. The molecular formula is C17H17N3O2. The molecule has 0 atom stereocenters. The highest BCUT2D eigenvalue weighted by molar-refractivity contribution is 5.92. The van der Waals surface area contributed by atoms with E-state index in [4.69, 9.17) is 4.74 Å². The molecule has 2 heterocycles. The van der Waals surface area contributed by atoms with Crippen molar-refractivity contribution in [2.75, 3.05) is 12.4 Å². The number of rotatable bonds is 4. The Bertz CT molecular complexity index is 806. The fraction of sp³-hybridized carbons (Fsp3) is 0.176. The van der Waals surface area contributed by atoms with Crippen molar-refractivity contribution in [1.82, 2.24) is 9.38 Å². The lowest BCUT2D eigenvalue weighted by atomic mass is 10.1. The van der Waals surface area contributed by atoms with Gasteiger partial charge in [-0.1, -0.05) is 12.1 Å². The number of amides is 1. The number of nitrogens with one attached hydrogen (secondary N) is 1. The molecule has 5 heteroatoms. The largest absolute Gasteiger partial charge is 0.497 e. The van der Waals surface area contributed by atoms with Crippen molar-refractivity contribution in [3.63, 3.8) is 0 Å². The lowest BCUT2D eigenvalue weighted by Crippen LogP contribution is -2.14. The Morgan fingerprint density at radius 1 is 1.18 bits per heavy atom. The summed E-state index contributed by atoms with van der Waals surface area (Å²) in [7, 11) is 1.62. The van der Waals surface area contributed by atoms with Crippen LogP contribution in [0, 0.1) is 6.92 Å². The minimum atomic E-state index is -0.0543. The molecule has 1 amide bonds. The number of nitrogens with zero attached hydrogens (tertiary/aromatic N) is 2. The smallest absolute Gasteiger partial charge is 0.228 e. The maximum Gasteiger partial charge on any atom is 0.228 e. The minimum absolute atomic E-state index is 0.0543. The molecule has 0 saturated carbocycles. The van der Waals surface area contributed by atoms with Crippen LogP contribution in [0.25, 0.3) is 5.65 Å². The van der Waals surface area contributed by atoms with Gasteiger partial charge in [-0.15, -0.1) is 0 Å². The van der Waals surface area contributed by atoms with E-state index in [0.717, 1.165) is 28.3 Å². The van der Waals surface area contributed by atoms with Crippen LogP contribution in [-0.4, -0.2) is 22.4 Å². The van der Waals surface area contributed by atoms with E-state index in [1.165, 1.54) is 0 Å². The molecule has 0 aliphatic rings. The number of benzene rings is 1. The minimum Gasteiger partial charge on any atom is -0.497 e. The summed E-state index contributed by atoms with van der Waals surface area (Å²) in [5.74, 6) is 0.728. The third-order valence-electron chi connectivity index (χ3n) is 3.38. The van der Waals surface area contributed by atoms with E-state index in [1.54, 1.807) is 7.11 Å². The molecule has 3 rings (SSSR count). The molecule has 0 aliphatic carbocycles. The maximum absolute atomic E-state index is 12.1. The number of imidazole rings is 1. The van der Waals surface area contributed by atoms with Crippen LogP contribution in [0.15, 0.2) is 48.8 Å². The van der Waals surface area contributed by atoms with Gasteiger partial charge in [0.25, 0.3) is 0 Å². The number of methoxy groups -OCH3 is 1. The van der Waals surface area contributed by atoms with E-state index in [1.807, 2.05) is 60.1 Å². The normalized spacial score (nSPS) is 10.6. The molecule has 0 bridgehead atoms. The molecule has 22 heavy (non-hydrogen) atoms. The van der Waals surface area contributed by atoms with Crippen LogP contribution in [0.3, 0.4) is 0 Å². The Balaban J connectivity index is 1.69. The van der Waals surface area contributed by atoms with Gasteiger partial charge in [0.1, 0.15) is 11.4 Å². The van der Waals surface area contributed by atoms with Gasteiger partial charge in [0.15, 0.2) is 0 Å². The van der Waals surface area contributed by atoms with Gasteiger partial charge in [-0.05, 0) is 36.8 Å². The number of ether oxygens (including phenoxy) is 1. The number of aryl methyl sites for hydroxylation is 1. The highest BCUT2D eigenvalue weighted by atomic mass is 16.5. The molecular weight excluding hydrogens is 278 g/mol. The van der Waals surface area contributed by atoms with Crippen LogP contribution in [0.5, 0.6) is 5.75 Å². The first-order valence-corrected chi connectivity index (χ1v) is 7.02. The third-order valence-corrected chi connectivity index (χ3v) is 3.38. The van der Waals surface area contributed by atoms with E-state index in [9.17, 15) is 4.79 Å². The van der Waals surface area contributed by atoms with E-state index < -0.39 is 0 Å². The standard InChI is InChI=1S/C17H17N3O2/c1-12-10-20-11-14(5-8-16(20)18-12)19-17(21)9-13-3-6-15(22-2)7-4-13/h3-8,10-11H,9H2,1-2H3,(H,19,21). The van der Waals surface area contributed by atoms with Gasteiger partial charge >= 0.3 is 0 Å². The summed E-state index contributed by atoms with van der Waals surface area (Å²) in [6.45, 7) is 1.94. The van der Waals surface area contributed by atoms with Crippen molar-refractivity contribution in [2.45, 2.75) is 13.3 Å². The lowest BCUT2D eigenvalue weighted by Gasteiger charge is -2.06. The molecule has 0 radical (unpaired) electrons. The molecule has 3 aromatic rings. The molecule has 2 aromatic heterocycles. The number of pyridine rings is 1. The Hall–Kier alpha value is -2.82. The fourth-order valence-electron chi connectivity index (χ4n) is 2.33. The first-order valence-electron chi connectivity index (χ1n) is 7.02. The molecule has 112 valence electrons. The highest BCUT2D eigenvalue weighted by Gasteiger charge is 2.06. The lowest BCUT2D eigenvalue weighted by molar-refractivity contribution is -0.115. The third kappa shape index (κ3) is 3.09. The van der Waals surface area contributed by atoms with Crippen LogP contribution in [0.4, 0.5) is 5.69 Å². The predicted molar refractivity (Wildman–Crippen MR) is 85.3 cm³/mol. The van der Waals surface area contributed by atoms with Crippen LogP contribution in [-0.2, 0) is 11.2 Å². The first kappa shape index (κ1) is 14.1. The summed E-state index contributed by atoms with van der Waals surface area (Å²) in [5, 5.41) is 2.90. The fourth-order valence-corrected chi connectivity index (χ4v) is 2.33. The Morgan fingerprint density at radius 2 is 1.95 bits per heavy atom. The zero-order chi connectivity index (χ0) is 15.5. The van der Waals surface area contributed by atoms with Gasteiger partial charge in [0.2, 0.25) is 5.91 Å². The van der Waals surface area contributed by atoms with Gasteiger partial charge < -0.3 is 14.5 Å². The second kappa shape index (κ2) is 5.89. The zero-order valence-corrected chi connectivity index (χ0v) is 12.5. The number of anilines is 1. The number of carbonyl (C=O) groups excluding carboxylic acids is 1. The molecule has 1 aromatic carbocycles. The van der Waals surface area contributed by atoms with Crippen LogP contribution in [0.1, 0.15) is 11.3 Å². The molecule has 1 N–H and O–H groups in total. The zero-order valence-electron chi connectivity index (χ0n) is 12.5. The molecule has 5 nitrogen and oxygen atoms in total. The summed E-state index contributed by atoms with van der Waals surface area (Å²) >= 11 is 0. The van der Waals surface area contributed by atoms with Crippen molar-refractivity contribution >= 4 is 17.2 Å². The van der Waals surface area contributed by atoms with E-state index in [2.05, 4.69) is 10.3 Å². The Morgan fingerprint density at radius 3 is 2.68 bits per heavy atom. The van der Waals surface area contributed by atoms with Crippen LogP contribution >= 0.6 is 0 Å². The molecule has 0 aliphatic heterocycles. The van der Waals surface area contributed by atoms with Gasteiger partial charge in [-0.25, -0.2) is 4.98 Å². The van der Waals surface area contributed by atoms with Crippen molar-refractivity contribution in [2.24, 2.45) is 0 Å². The second-order valence-corrected chi connectivity index (χ2v) is 5.14. The monoisotopic (exact) mass is 295 g/mol. The van der Waals surface area contributed by atoms with Crippen LogP contribution in [0.2, 0.25) is 0 Å². The van der Waals surface area contributed by atoms with Gasteiger partial charge in [-0.3, -0.25) is 4.79 Å². The SMILES string of the molecule is COc1ccc(CC(=O)Nc2ccc3nc(C)cn3c2)cc1. The van der Waals surface area contributed by atoms with E-state index in [-0.39, 0.29) is 5.91 Å². The van der Waals surface area contributed by atoms with Gasteiger partial charge in [-0.2, -0.15) is 0 Å². The topological polar surface area (TPSA) is 55.6 Å². The van der Waals surface area contributed by atoms with E-state index in [0.29, 0.717) is 6.42 Å². The maximum atomic E-state index is 12.1. The van der Waals surface area contributed by atoms with Crippen LogP contribution < -0.4 is 10.1 Å². The predicted octanol–water partition coefficient (Wildman–Crippen LogP) is 2.83. The molecule has 0 fully saturated rings.